The number of hydrogen-bond donors (Lipinski definition) is 4. The lowest BCUT2D eigenvalue weighted by Crippen LogP contribution is -2.53. The van der Waals surface area contributed by atoms with E-state index in [1.54, 1.807) is 0 Å². The second kappa shape index (κ2) is 5.64. The van der Waals surface area contributed by atoms with Crippen LogP contribution in [0.25, 0.3) is 0 Å². The number of benzene rings is 2. The van der Waals surface area contributed by atoms with E-state index in [1.165, 1.54) is 0 Å². The van der Waals surface area contributed by atoms with E-state index in [4.69, 9.17) is 10.2 Å². The van der Waals surface area contributed by atoms with Crippen molar-refractivity contribution in [2.75, 3.05) is 0 Å². The van der Waals surface area contributed by atoms with Gasteiger partial charge in [-0.1, -0.05) is 12.1 Å². The molecule has 0 aliphatic heterocycles. The van der Waals surface area contributed by atoms with Crippen LogP contribution in [0, 0.1) is 0 Å². The van der Waals surface area contributed by atoms with Gasteiger partial charge in [0.05, 0.1) is 0 Å². The summed E-state index contributed by atoms with van der Waals surface area (Å²) in [7, 11) is 0. The van der Waals surface area contributed by atoms with E-state index in [-0.39, 0.29) is 12.1 Å². The third-order valence-corrected chi connectivity index (χ3v) is 3.54. The molecule has 2 aromatic carbocycles. The first-order valence-corrected chi connectivity index (χ1v) is 6.50. The van der Waals surface area contributed by atoms with Crippen LogP contribution in [0.3, 0.4) is 0 Å². The summed E-state index contributed by atoms with van der Waals surface area (Å²) < 4.78 is 81.9. The number of phenolic OH excluding ortho intramolecular Hbond substituents is 4. The molecule has 0 aromatic heterocycles. The Hall–Kier alpha value is -2.78. The Morgan fingerprint density at radius 2 is 0.920 bits per heavy atom. The molecular weight excluding hydrogens is 358 g/mol. The van der Waals surface area contributed by atoms with Crippen molar-refractivity contribution in [3.8, 4) is 23.0 Å². The summed E-state index contributed by atoms with van der Waals surface area (Å²) in [6.07, 6.45) is -6.33. The van der Waals surface area contributed by atoms with Gasteiger partial charge >= 0.3 is 12.1 Å². The van der Waals surface area contributed by atoms with Crippen molar-refractivity contribution >= 4 is 0 Å². The molecule has 10 heteroatoms. The summed E-state index contributed by atoms with van der Waals surface area (Å²) in [5.74, 6) is -9.96. The number of halogens is 6. The minimum atomic E-state index is -6.33. The Bertz CT molecular complexity index is 752. The van der Waals surface area contributed by atoms with Gasteiger partial charge in [0.25, 0.3) is 0 Å². The molecule has 25 heavy (non-hydrogen) atoms. The predicted octanol–water partition coefficient (Wildman–Crippen LogP) is 3.92. The molecule has 0 unspecified atom stereocenters. The van der Waals surface area contributed by atoms with Gasteiger partial charge in [-0.2, -0.15) is 22.0 Å². The fourth-order valence-corrected chi connectivity index (χ4v) is 2.20. The zero-order chi connectivity index (χ0) is 19.2. The van der Waals surface area contributed by atoms with Gasteiger partial charge < -0.3 is 20.4 Å². The monoisotopic (exact) mass is 368 g/mol. The third kappa shape index (κ3) is 2.77. The standard InChI is InChI=1S/C15H10F6O4/c16-13(14(17,18)15(19,20)21,7-1-3-9(22)11(24)5-7)8-2-4-10(23)12(25)6-8/h1-6,22-25H. The van der Waals surface area contributed by atoms with Gasteiger partial charge in [-0.15, -0.1) is 0 Å². The smallest absolute Gasteiger partial charge is 0.457 e. The van der Waals surface area contributed by atoms with Gasteiger partial charge in [-0.3, -0.25) is 0 Å². The molecule has 0 heterocycles. The zero-order valence-electron chi connectivity index (χ0n) is 12.0. The number of hydrogen-bond acceptors (Lipinski definition) is 4. The van der Waals surface area contributed by atoms with E-state index in [1.807, 2.05) is 0 Å². The molecule has 0 saturated carbocycles. The van der Waals surface area contributed by atoms with E-state index >= 15 is 4.39 Å². The number of rotatable bonds is 3. The minimum absolute atomic E-state index is 0.207. The van der Waals surface area contributed by atoms with E-state index < -0.39 is 51.9 Å². The summed E-state index contributed by atoms with van der Waals surface area (Å²) >= 11 is 0. The summed E-state index contributed by atoms with van der Waals surface area (Å²) in [6.45, 7) is 0. The van der Waals surface area contributed by atoms with Crippen LogP contribution < -0.4 is 0 Å². The Kier molecular flexibility index (Phi) is 4.19. The van der Waals surface area contributed by atoms with Crippen molar-refractivity contribution in [2.24, 2.45) is 0 Å². The predicted molar refractivity (Wildman–Crippen MR) is 72.4 cm³/mol. The fourth-order valence-electron chi connectivity index (χ4n) is 2.20. The van der Waals surface area contributed by atoms with Crippen LogP contribution in [-0.4, -0.2) is 32.5 Å². The Balaban J connectivity index is 2.83. The second-order valence-corrected chi connectivity index (χ2v) is 5.14. The molecule has 0 aliphatic carbocycles. The highest BCUT2D eigenvalue weighted by Crippen LogP contribution is 2.55. The molecule has 2 aromatic rings. The lowest BCUT2D eigenvalue weighted by atomic mass is 9.81. The molecule has 0 bridgehead atoms. The first kappa shape index (κ1) is 18.6. The van der Waals surface area contributed by atoms with Crippen LogP contribution in [0.4, 0.5) is 26.3 Å². The van der Waals surface area contributed by atoms with Crippen LogP contribution in [-0.2, 0) is 5.67 Å². The molecule has 0 saturated heterocycles. The topological polar surface area (TPSA) is 80.9 Å². The largest absolute Gasteiger partial charge is 0.504 e. The van der Waals surface area contributed by atoms with E-state index in [2.05, 4.69) is 0 Å². The van der Waals surface area contributed by atoms with Crippen LogP contribution in [0.1, 0.15) is 11.1 Å². The highest BCUT2D eigenvalue weighted by molar-refractivity contribution is 5.51. The molecule has 0 aliphatic rings. The quantitative estimate of drug-likeness (QED) is 0.489. The van der Waals surface area contributed by atoms with E-state index in [0.717, 1.165) is 0 Å². The molecule has 0 fully saturated rings. The van der Waals surface area contributed by atoms with Crippen molar-refractivity contribution in [3.05, 3.63) is 47.5 Å². The van der Waals surface area contributed by atoms with Crippen LogP contribution >= 0.6 is 0 Å². The highest BCUT2D eigenvalue weighted by atomic mass is 19.4. The molecule has 136 valence electrons. The van der Waals surface area contributed by atoms with Crippen molar-refractivity contribution in [1.82, 2.24) is 0 Å². The maximum Gasteiger partial charge on any atom is 0.457 e. The average Bonchev–Trinajstić information content (AvgIpc) is 2.50. The maximum absolute atomic E-state index is 15.3. The first-order valence-electron chi connectivity index (χ1n) is 6.50. The average molecular weight is 368 g/mol. The summed E-state index contributed by atoms with van der Waals surface area (Å²) in [4.78, 5) is 0. The molecule has 0 amide bonds. The van der Waals surface area contributed by atoms with E-state index in [9.17, 15) is 32.2 Å². The summed E-state index contributed by atoms with van der Waals surface area (Å²) in [6, 6.07) is 2.34. The maximum atomic E-state index is 15.3. The Labute approximate surface area is 136 Å². The van der Waals surface area contributed by atoms with Crippen molar-refractivity contribution in [3.63, 3.8) is 0 Å². The minimum Gasteiger partial charge on any atom is -0.504 e. The number of phenols is 4. The zero-order valence-corrected chi connectivity index (χ0v) is 12.0. The molecule has 2 rings (SSSR count). The first-order chi connectivity index (χ1) is 11.3. The Morgan fingerprint density at radius 3 is 1.20 bits per heavy atom. The molecule has 4 nitrogen and oxygen atoms in total. The third-order valence-electron chi connectivity index (χ3n) is 3.54. The van der Waals surface area contributed by atoms with Gasteiger partial charge in [0.1, 0.15) is 0 Å². The van der Waals surface area contributed by atoms with Gasteiger partial charge in [0.15, 0.2) is 23.0 Å². The lowest BCUT2D eigenvalue weighted by molar-refractivity contribution is -0.323. The van der Waals surface area contributed by atoms with Gasteiger partial charge in [-0.25, -0.2) is 4.39 Å². The van der Waals surface area contributed by atoms with Crippen LogP contribution in [0.5, 0.6) is 23.0 Å². The van der Waals surface area contributed by atoms with E-state index in [0.29, 0.717) is 24.3 Å². The molecule has 0 radical (unpaired) electrons. The fraction of sp³-hybridized carbons (Fsp3) is 0.200. The normalized spacial score (nSPS) is 13.0. The molecular formula is C15H10F6O4. The molecule has 4 N–H and O–H groups in total. The van der Waals surface area contributed by atoms with Crippen molar-refractivity contribution in [2.45, 2.75) is 17.8 Å². The number of alkyl halides is 6. The Morgan fingerprint density at radius 1 is 0.560 bits per heavy atom. The second-order valence-electron chi connectivity index (χ2n) is 5.14. The van der Waals surface area contributed by atoms with Gasteiger partial charge in [0.2, 0.25) is 5.67 Å². The van der Waals surface area contributed by atoms with Gasteiger partial charge in [0, 0.05) is 11.1 Å². The SMILES string of the molecule is Oc1ccc(C(F)(c2ccc(O)c(O)c2)C(F)(F)C(F)(F)F)cc1O. The summed E-state index contributed by atoms with van der Waals surface area (Å²) in [5, 5.41) is 37.0. The summed E-state index contributed by atoms with van der Waals surface area (Å²) in [5.41, 5.74) is -7.22. The molecule has 0 spiro atoms. The molecule has 0 atom stereocenters. The van der Waals surface area contributed by atoms with Crippen LogP contribution in [0.2, 0.25) is 0 Å². The van der Waals surface area contributed by atoms with Crippen molar-refractivity contribution in [1.29, 1.82) is 0 Å². The lowest BCUT2D eigenvalue weighted by Gasteiger charge is -2.35. The number of aromatic hydroxyl groups is 4. The van der Waals surface area contributed by atoms with Gasteiger partial charge in [-0.05, 0) is 24.3 Å². The van der Waals surface area contributed by atoms with Crippen LogP contribution in [0.15, 0.2) is 36.4 Å². The highest BCUT2D eigenvalue weighted by Gasteiger charge is 2.72. The van der Waals surface area contributed by atoms with Crippen molar-refractivity contribution < 1.29 is 46.8 Å².